The molecule has 278 valence electrons. The molecule has 10 nitrogen and oxygen atoms in total. The predicted molar refractivity (Wildman–Crippen MR) is 209 cm³/mol. The van der Waals surface area contributed by atoms with Gasteiger partial charge < -0.3 is 24.0 Å². The number of pyridine rings is 1. The lowest BCUT2D eigenvalue weighted by Gasteiger charge is -2.42. The van der Waals surface area contributed by atoms with E-state index in [1.165, 1.54) is 5.69 Å². The highest BCUT2D eigenvalue weighted by atomic mass is 16.6. The molecule has 2 aliphatic heterocycles. The zero-order valence-electron chi connectivity index (χ0n) is 31.7. The minimum absolute atomic E-state index is 0.194. The molecule has 0 bridgehead atoms. The van der Waals surface area contributed by atoms with Gasteiger partial charge in [-0.25, -0.2) is 4.79 Å². The molecule has 3 aromatic carbocycles. The number of ether oxygens (including phenoxy) is 3. The van der Waals surface area contributed by atoms with E-state index in [1.54, 1.807) is 0 Å². The van der Waals surface area contributed by atoms with Crippen LogP contribution in [0.5, 0.6) is 11.8 Å². The Morgan fingerprint density at radius 2 is 1.49 bits per heavy atom. The summed E-state index contributed by atoms with van der Waals surface area (Å²) < 4.78 is 20.2. The molecule has 0 spiro atoms. The molecule has 4 heterocycles. The normalized spacial score (nSPS) is 18.3. The molecule has 0 aliphatic carbocycles. The van der Waals surface area contributed by atoms with Crippen molar-refractivity contribution >= 4 is 22.7 Å². The molecular weight excluding hydrogens is 665 g/mol. The number of piperidine rings is 1. The number of para-hydroxylation sites is 1. The summed E-state index contributed by atoms with van der Waals surface area (Å²) in [5, 5.41) is 6.13. The summed E-state index contributed by atoms with van der Waals surface area (Å²) in [6.07, 6.45) is 0.810. The third-order valence-electron chi connectivity index (χ3n) is 10.3. The average molecular weight is 717 g/mol. The lowest BCUT2D eigenvalue weighted by atomic mass is 9.86. The van der Waals surface area contributed by atoms with Gasteiger partial charge in [0.05, 0.1) is 16.8 Å². The topological polar surface area (TPSA) is 85.2 Å². The highest BCUT2D eigenvalue weighted by Gasteiger charge is 2.33. The minimum Gasteiger partial charge on any atom is -0.473 e. The largest absolute Gasteiger partial charge is 0.473 e. The smallest absolute Gasteiger partial charge is 0.410 e. The predicted octanol–water partition coefficient (Wildman–Crippen LogP) is 7.81. The van der Waals surface area contributed by atoms with Gasteiger partial charge in [0.15, 0.2) is 0 Å². The lowest BCUT2D eigenvalue weighted by molar-refractivity contribution is 0.00880. The Morgan fingerprint density at radius 3 is 2.15 bits per heavy atom. The quantitative estimate of drug-likeness (QED) is 0.145. The van der Waals surface area contributed by atoms with Crippen LogP contribution in [0.4, 0.5) is 10.5 Å². The van der Waals surface area contributed by atoms with Crippen molar-refractivity contribution in [1.82, 2.24) is 24.6 Å². The van der Waals surface area contributed by atoms with Crippen LogP contribution in [0.1, 0.15) is 45.2 Å². The van der Waals surface area contributed by atoms with Gasteiger partial charge in [-0.2, -0.15) is 10.1 Å². The van der Waals surface area contributed by atoms with Crippen molar-refractivity contribution in [3.05, 3.63) is 102 Å². The van der Waals surface area contributed by atoms with Gasteiger partial charge in [0, 0.05) is 64.3 Å². The first-order chi connectivity index (χ1) is 25.6. The number of hydrogen-bond acceptors (Lipinski definition) is 8. The summed E-state index contributed by atoms with van der Waals surface area (Å²) in [6, 6.07) is 30.6. The molecule has 1 amide bonds. The highest BCUT2D eigenvalue weighted by molar-refractivity contribution is 6.01. The number of anilines is 1. The molecule has 10 heteroatoms. The van der Waals surface area contributed by atoms with Crippen molar-refractivity contribution in [2.75, 3.05) is 50.7 Å². The van der Waals surface area contributed by atoms with E-state index in [2.05, 4.69) is 34.9 Å². The van der Waals surface area contributed by atoms with E-state index in [0.29, 0.717) is 36.8 Å². The van der Waals surface area contributed by atoms with Gasteiger partial charge in [0.1, 0.15) is 24.5 Å². The fourth-order valence-electron chi connectivity index (χ4n) is 7.48. The molecule has 2 aliphatic rings. The first-order valence-corrected chi connectivity index (χ1v) is 18.9. The number of piperazine rings is 1. The summed E-state index contributed by atoms with van der Waals surface area (Å²) in [7, 11) is 2.02. The number of benzene rings is 3. The van der Waals surface area contributed by atoms with Crippen LogP contribution in [0, 0.1) is 11.8 Å². The minimum atomic E-state index is -0.473. The summed E-state index contributed by atoms with van der Waals surface area (Å²) in [6.45, 7) is 15.3. The molecule has 0 saturated carbocycles. The molecule has 0 unspecified atom stereocenters. The van der Waals surface area contributed by atoms with E-state index in [4.69, 9.17) is 24.3 Å². The second-order valence-electron chi connectivity index (χ2n) is 15.4. The standard InChI is InChI=1S/C43H52N6O4/c1-31-27-49(42(50)53-43(2,3)4)22-21-34(31)28-47-23-25-48(26-24-47)37-18-12-17-35-39(45-46(5)40(35)37)36-19-20-38(51-29-32-13-8-6-9-14-32)44-41(36)52-30-33-15-10-7-11-16-33/h6-20,31,34H,21-30H2,1-5H3/t31-,34-/m0/s1. The van der Waals surface area contributed by atoms with Crippen LogP contribution in [0.2, 0.25) is 0 Å². The average Bonchev–Trinajstić information content (AvgIpc) is 3.50. The lowest BCUT2D eigenvalue weighted by Crippen LogP contribution is -2.51. The second-order valence-corrected chi connectivity index (χ2v) is 15.4. The third-order valence-corrected chi connectivity index (χ3v) is 10.3. The molecule has 2 fully saturated rings. The fraction of sp³-hybridized carbons (Fsp3) is 0.419. The monoisotopic (exact) mass is 716 g/mol. The molecule has 53 heavy (non-hydrogen) atoms. The van der Waals surface area contributed by atoms with Crippen molar-refractivity contribution in [2.24, 2.45) is 18.9 Å². The van der Waals surface area contributed by atoms with Crippen LogP contribution >= 0.6 is 0 Å². The molecule has 2 aromatic heterocycles. The number of rotatable bonds is 10. The molecule has 5 aromatic rings. The number of amides is 1. The maximum atomic E-state index is 12.7. The summed E-state index contributed by atoms with van der Waals surface area (Å²) >= 11 is 0. The Hall–Kier alpha value is -5.09. The van der Waals surface area contributed by atoms with Crippen molar-refractivity contribution in [2.45, 2.75) is 52.9 Å². The van der Waals surface area contributed by atoms with Crippen LogP contribution in [-0.2, 0) is 25.0 Å². The number of carbonyl (C=O) groups excluding carboxylic acids is 1. The Kier molecular flexibility index (Phi) is 10.9. The zero-order valence-corrected chi connectivity index (χ0v) is 31.7. The number of fused-ring (bicyclic) bond motifs is 1. The van der Waals surface area contributed by atoms with Crippen LogP contribution in [-0.4, -0.2) is 82.1 Å². The fourth-order valence-corrected chi connectivity index (χ4v) is 7.48. The van der Waals surface area contributed by atoms with Gasteiger partial charge in [-0.15, -0.1) is 0 Å². The zero-order chi connectivity index (χ0) is 37.0. The van der Waals surface area contributed by atoms with Crippen molar-refractivity contribution in [3.8, 4) is 23.0 Å². The van der Waals surface area contributed by atoms with Gasteiger partial charge in [-0.3, -0.25) is 9.58 Å². The Morgan fingerprint density at radius 1 is 0.811 bits per heavy atom. The molecular formula is C43H52N6O4. The van der Waals surface area contributed by atoms with E-state index in [-0.39, 0.29) is 6.09 Å². The number of nitrogens with zero attached hydrogens (tertiary/aromatic N) is 6. The van der Waals surface area contributed by atoms with Crippen LogP contribution in [0.25, 0.3) is 22.2 Å². The second kappa shape index (κ2) is 15.9. The summed E-state index contributed by atoms with van der Waals surface area (Å²) in [5.41, 5.74) is 5.60. The van der Waals surface area contributed by atoms with Gasteiger partial charge in [0.2, 0.25) is 11.8 Å². The first-order valence-electron chi connectivity index (χ1n) is 18.9. The SMILES string of the molecule is C[C@H]1CN(C(=O)OC(C)(C)C)CC[C@H]1CN1CCN(c2cccc3c(-c4ccc(OCc5ccccc5)nc4OCc4ccccc4)nn(C)c23)CC1. The summed E-state index contributed by atoms with van der Waals surface area (Å²) in [4.78, 5) is 24.5. The van der Waals surface area contributed by atoms with E-state index < -0.39 is 5.60 Å². The number of hydrogen-bond donors (Lipinski definition) is 0. The molecule has 0 N–H and O–H groups in total. The number of aromatic nitrogens is 3. The van der Waals surface area contributed by atoms with E-state index in [1.807, 2.05) is 110 Å². The molecule has 7 rings (SSSR count). The van der Waals surface area contributed by atoms with Gasteiger partial charge in [0.25, 0.3) is 0 Å². The number of carbonyl (C=O) groups is 1. The number of aryl methyl sites for hydroxylation is 1. The van der Waals surface area contributed by atoms with Crippen LogP contribution in [0.15, 0.2) is 91.0 Å². The first kappa shape index (κ1) is 36.3. The highest BCUT2D eigenvalue weighted by Crippen LogP contribution is 2.38. The maximum absolute atomic E-state index is 12.7. The molecule has 0 radical (unpaired) electrons. The van der Waals surface area contributed by atoms with Crippen molar-refractivity contribution in [1.29, 1.82) is 0 Å². The third kappa shape index (κ3) is 8.76. The maximum Gasteiger partial charge on any atom is 0.410 e. The Bertz CT molecular complexity index is 1990. The summed E-state index contributed by atoms with van der Waals surface area (Å²) in [5.74, 6) is 1.98. The Labute approximate surface area is 313 Å². The van der Waals surface area contributed by atoms with E-state index in [0.717, 1.165) is 85.5 Å². The van der Waals surface area contributed by atoms with Crippen LogP contribution < -0.4 is 14.4 Å². The Balaban J connectivity index is 1.05. The molecule has 2 saturated heterocycles. The van der Waals surface area contributed by atoms with Gasteiger partial charge in [-0.05, 0) is 62.3 Å². The van der Waals surface area contributed by atoms with E-state index >= 15 is 0 Å². The van der Waals surface area contributed by atoms with Crippen molar-refractivity contribution in [3.63, 3.8) is 0 Å². The van der Waals surface area contributed by atoms with Crippen LogP contribution in [0.3, 0.4) is 0 Å². The van der Waals surface area contributed by atoms with Gasteiger partial charge in [-0.1, -0.05) is 79.7 Å². The van der Waals surface area contributed by atoms with Crippen molar-refractivity contribution < 1.29 is 19.0 Å². The molecule has 2 atom stereocenters. The van der Waals surface area contributed by atoms with Gasteiger partial charge >= 0.3 is 6.09 Å². The number of likely N-dealkylation sites (tertiary alicyclic amines) is 1. The van der Waals surface area contributed by atoms with E-state index in [9.17, 15) is 4.79 Å².